The first kappa shape index (κ1) is 9.19. The van der Waals surface area contributed by atoms with Crippen molar-refractivity contribution in [1.29, 1.82) is 0 Å². The third-order valence-electron chi connectivity index (χ3n) is 2.44. The zero-order chi connectivity index (χ0) is 9.97. The van der Waals surface area contributed by atoms with Gasteiger partial charge >= 0.3 is 0 Å². The summed E-state index contributed by atoms with van der Waals surface area (Å²) in [5.41, 5.74) is 0. The van der Waals surface area contributed by atoms with Gasteiger partial charge in [0.15, 0.2) is 11.6 Å². The molecule has 0 aliphatic heterocycles. The smallest absolute Gasteiger partial charge is 0.165 e. The van der Waals surface area contributed by atoms with E-state index in [9.17, 15) is 9.18 Å². The monoisotopic (exact) mass is 194 g/mol. The minimum Gasteiger partial charge on any atom is -0.490 e. The Kier molecular flexibility index (Phi) is 2.48. The van der Waals surface area contributed by atoms with Gasteiger partial charge in [0.05, 0.1) is 6.61 Å². The molecule has 1 fully saturated rings. The maximum Gasteiger partial charge on any atom is 0.165 e. The second-order valence-electron chi connectivity index (χ2n) is 3.54. The van der Waals surface area contributed by atoms with E-state index >= 15 is 0 Å². The molecule has 2 atom stereocenters. The standard InChI is InChI=1S/C11H11FO2/c12-10-3-1-2-4-11(10)14-7-9-5-8(9)6-13/h1-4,6,8-9H,5,7H2. The summed E-state index contributed by atoms with van der Waals surface area (Å²) in [5.74, 6) is 0.328. The van der Waals surface area contributed by atoms with Gasteiger partial charge in [-0.25, -0.2) is 4.39 Å². The van der Waals surface area contributed by atoms with Crippen LogP contribution >= 0.6 is 0 Å². The summed E-state index contributed by atoms with van der Waals surface area (Å²) in [4.78, 5) is 10.3. The number of hydrogen-bond acceptors (Lipinski definition) is 2. The third-order valence-corrected chi connectivity index (χ3v) is 2.44. The Labute approximate surface area is 81.7 Å². The first-order valence-electron chi connectivity index (χ1n) is 4.64. The van der Waals surface area contributed by atoms with Crippen molar-refractivity contribution in [2.45, 2.75) is 6.42 Å². The van der Waals surface area contributed by atoms with Crippen molar-refractivity contribution >= 4 is 6.29 Å². The highest BCUT2D eigenvalue weighted by Crippen LogP contribution is 2.36. The number of para-hydroxylation sites is 1. The van der Waals surface area contributed by atoms with Crippen molar-refractivity contribution < 1.29 is 13.9 Å². The largest absolute Gasteiger partial charge is 0.490 e. The lowest BCUT2D eigenvalue weighted by Crippen LogP contribution is -2.02. The Morgan fingerprint density at radius 2 is 2.29 bits per heavy atom. The van der Waals surface area contributed by atoms with Gasteiger partial charge in [-0.3, -0.25) is 0 Å². The van der Waals surface area contributed by atoms with Gasteiger partial charge in [0, 0.05) is 11.8 Å². The molecular weight excluding hydrogens is 183 g/mol. The van der Waals surface area contributed by atoms with E-state index in [1.54, 1.807) is 18.2 Å². The van der Waals surface area contributed by atoms with Crippen LogP contribution in [0.3, 0.4) is 0 Å². The average molecular weight is 194 g/mol. The summed E-state index contributed by atoms with van der Waals surface area (Å²) >= 11 is 0. The maximum atomic E-state index is 13.0. The lowest BCUT2D eigenvalue weighted by atomic mass is 10.3. The maximum absolute atomic E-state index is 13.0. The fourth-order valence-corrected chi connectivity index (χ4v) is 1.39. The highest BCUT2D eigenvalue weighted by molar-refractivity contribution is 5.58. The van der Waals surface area contributed by atoms with Crippen molar-refractivity contribution in [3.8, 4) is 5.75 Å². The number of rotatable bonds is 4. The van der Waals surface area contributed by atoms with Crippen LogP contribution in [0.1, 0.15) is 6.42 Å². The van der Waals surface area contributed by atoms with E-state index < -0.39 is 0 Å². The molecule has 1 aliphatic carbocycles. The molecule has 2 nitrogen and oxygen atoms in total. The summed E-state index contributed by atoms with van der Waals surface area (Å²) in [5, 5.41) is 0. The molecule has 14 heavy (non-hydrogen) atoms. The molecule has 1 aromatic carbocycles. The molecule has 0 N–H and O–H groups in total. The van der Waals surface area contributed by atoms with Gasteiger partial charge in [0.1, 0.15) is 6.29 Å². The van der Waals surface area contributed by atoms with Crippen LogP contribution in [0.25, 0.3) is 0 Å². The van der Waals surface area contributed by atoms with E-state index in [2.05, 4.69) is 0 Å². The lowest BCUT2D eigenvalue weighted by molar-refractivity contribution is -0.109. The number of benzene rings is 1. The van der Waals surface area contributed by atoms with Crippen LogP contribution in [0.2, 0.25) is 0 Å². The number of carbonyl (C=O) groups is 1. The molecule has 1 aliphatic rings. The molecule has 0 bridgehead atoms. The van der Waals surface area contributed by atoms with Gasteiger partial charge in [-0.05, 0) is 18.6 Å². The van der Waals surface area contributed by atoms with E-state index in [1.807, 2.05) is 0 Å². The van der Waals surface area contributed by atoms with E-state index in [0.29, 0.717) is 6.61 Å². The quantitative estimate of drug-likeness (QED) is 0.685. The van der Waals surface area contributed by atoms with Gasteiger partial charge in [0.2, 0.25) is 0 Å². The zero-order valence-electron chi connectivity index (χ0n) is 7.65. The van der Waals surface area contributed by atoms with E-state index in [4.69, 9.17) is 4.74 Å². The molecule has 2 unspecified atom stereocenters. The summed E-state index contributed by atoms with van der Waals surface area (Å²) in [6, 6.07) is 6.29. The molecular formula is C11H11FO2. The van der Waals surface area contributed by atoms with Gasteiger partial charge in [-0.1, -0.05) is 12.1 Å². The number of ether oxygens (including phenoxy) is 1. The van der Waals surface area contributed by atoms with Crippen molar-refractivity contribution in [3.05, 3.63) is 30.1 Å². The molecule has 3 heteroatoms. The Morgan fingerprint density at radius 3 is 2.93 bits per heavy atom. The lowest BCUT2D eigenvalue weighted by Gasteiger charge is -2.05. The predicted octanol–water partition coefficient (Wildman–Crippen LogP) is 2.04. The zero-order valence-corrected chi connectivity index (χ0v) is 7.65. The van der Waals surface area contributed by atoms with Crippen LogP contribution in [0.15, 0.2) is 24.3 Å². The Balaban J connectivity index is 1.87. The number of hydrogen-bond donors (Lipinski definition) is 0. The third kappa shape index (κ3) is 1.92. The molecule has 2 rings (SSSR count). The molecule has 1 aromatic rings. The average Bonchev–Trinajstić information content (AvgIpc) is 2.95. The highest BCUT2D eigenvalue weighted by Gasteiger charge is 2.37. The Morgan fingerprint density at radius 1 is 1.50 bits per heavy atom. The molecule has 0 aromatic heterocycles. The van der Waals surface area contributed by atoms with Gasteiger partial charge in [0.25, 0.3) is 0 Å². The minimum atomic E-state index is -0.351. The van der Waals surface area contributed by atoms with E-state index in [-0.39, 0.29) is 23.4 Å². The van der Waals surface area contributed by atoms with E-state index in [0.717, 1.165) is 12.7 Å². The van der Waals surface area contributed by atoms with E-state index in [1.165, 1.54) is 6.07 Å². The van der Waals surface area contributed by atoms with Gasteiger partial charge in [-0.15, -0.1) is 0 Å². The first-order chi connectivity index (χ1) is 6.81. The van der Waals surface area contributed by atoms with Crippen molar-refractivity contribution in [1.82, 2.24) is 0 Å². The van der Waals surface area contributed by atoms with Crippen LogP contribution in [0.5, 0.6) is 5.75 Å². The Bertz CT molecular complexity index is 338. The van der Waals surface area contributed by atoms with Gasteiger partial charge < -0.3 is 9.53 Å². The summed E-state index contributed by atoms with van der Waals surface area (Å²) in [6.45, 7) is 0.435. The second-order valence-corrected chi connectivity index (χ2v) is 3.54. The van der Waals surface area contributed by atoms with Crippen molar-refractivity contribution in [2.24, 2.45) is 11.8 Å². The Hall–Kier alpha value is -1.38. The summed E-state index contributed by atoms with van der Waals surface area (Å²) in [6.07, 6.45) is 1.81. The fraction of sp³-hybridized carbons (Fsp3) is 0.364. The predicted molar refractivity (Wildman–Crippen MR) is 49.6 cm³/mol. The number of carbonyl (C=O) groups excluding carboxylic acids is 1. The van der Waals surface area contributed by atoms with Crippen LogP contribution in [0, 0.1) is 17.7 Å². The van der Waals surface area contributed by atoms with Crippen molar-refractivity contribution in [2.75, 3.05) is 6.61 Å². The fourth-order valence-electron chi connectivity index (χ4n) is 1.39. The molecule has 0 amide bonds. The topological polar surface area (TPSA) is 26.3 Å². The molecule has 0 spiro atoms. The highest BCUT2D eigenvalue weighted by atomic mass is 19.1. The summed E-state index contributed by atoms with van der Waals surface area (Å²) in [7, 11) is 0. The molecule has 0 heterocycles. The molecule has 0 radical (unpaired) electrons. The van der Waals surface area contributed by atoms with Crippen molar-refractivity contribution in [3.63, 3.8) is 0 Å². The first-order valence-corrected chi connectivity index (χ1v) is 4.64. The summed E-state index contributed by atoms with van der Waals surface area (Å²) < 4.78 is 18.3. The van der Waals surface area contributed by atoms with Crippen LogP contribution < -0.4 is 4.74 Å². The molecule has 0 saturated heterocycles. The van der Waals surface area contributed by atoms with Gasteiger partial charge in [-0.2, -0.15) is 0 Å². The number of aldehydes is 1. The van der Waals surface area contributed by atoms with Crippen LogP contribution in [-0.2, 0) is 4.79 Å². The minimum absolute atomic E-state index is 0.127. The molecule has 1 saturated carbocycles. The normalized spacial score (nSPS) is 24.4. The SMILES string of the molecule is O=CC1CC1COc1ccccc1F. The number of halogens is 1. The van der Waals surface area contributed by atoms with Crippen LogP contribution in [0.4, 0.5) is 4.39 Å². The molecule has 74 valence electrons. The second kappa shape index (κ2) is 3.78. The van der Waals surface area contributed by atoms with Crippen LogP contribution in [-0.4, -0.2) is 12.9 Å².